The van der Waals surface area contributed by atoms with Crippen LogP contribution in [0.4, 0.5) is 0 Å². The molecule has 2 atom stereocenters. The van der Waals surface area contributed by atoms with Crippen molar-refractivity contribution in [2.45, 2.75) is 18.6 Å². The van der Waals surface area contributed by atoms with Crippen LogP contribution in [0.5, 0.6) is 5.75 Å². The van der Waals surface area contributed by atoms with Crippen molar-refractivity contribution in [1.82, 2.24) is 0 Å². The van der Waals surface area contributed by atoms with Crippen molar-refractivity contribution in [2.24, 2.45) is 0 Å². The van der Waals surface area contributed by atoms with E-state index >= 15 is 0 Å². The number of aromatic hydroxyl groups is 1. The predicted molar refractivity (Wildman–Crippen MR) is 56.3 cm³/mol. The van der Waals surface area contributed by atoms with Crippen molar-refractivity contribution in [1.29, 1.82) is 0 Å². The predicted octanol–water partition coefficient (Wildman–Crippen LogP) is 0.915. The number of aliphatic hydroxyl groups excluding tert-OH is 2. The molecule has 0 spiro atoms. The molecule has 16 heavy (non-hydrogen) atoms. The third-order valence-electron chi connectivity index (χ3n) is 2.05. The maximum atomic E-state index is 10.3. The lowest BCUT2D eigenvalue weighted by atomic mass is 10.0. The molecule has 0 radical (unpaired) electrons. The zero-order valence-electron chi connectivity index (χ0n) is 8.17. The van der Waals surface area contributed by atoms with Crippen molar-refractivity contribution in [2.75, 3.05) is 0 Å². The maximum absolute atomic E-state index is 10.3. The average molecular weight is 247 g/mol. The second kappa shape index (κ2) is 5.16. The third-order valence-corrected chi connectivity index (χ3v) is 2.38. The number of carbonyl (C=O) groups is 1. The summed E-state index contributed by atoms with van der Waals surface area (Å²) in [5, 5.41) is 36.6. The quantitative estimate of drug-likeness (QED) is 0.633. The van der Waals surface area contributed by atoms with Crippen LogP contribution in [0.25, 0.3) is 0 Å². The first-order valence-electron chi connectivity index (χ1n) is 4.48. The number of benzene rings is 1. The van der Waals surface area contributed by atoms with Crippen LogP contribution < -0.4 is 0 Å². The van der Waals surface area contributed by atoms with Gasteiger partial charge in [-0.25, -0.2) is 0 Å². The van der Waals surface area contributed by atoms with E-state index in [4.69, 9.17) is 21.8 Å². The van der Waals surface area contributed by atoms with Crippen LogP contribution >= 0.6 is 11.6 Å². The molecule has 0 amide bonds. The van der Waals surface area contributed by atoms with Crippen LogP contribution in [0.1, 0.15) is 18.1 Å². The van der Waals surface area contributed by atoms with Gasteiger partial charge in [-0.05, 0) is 12.1 Å². The summed E-state index contributed by atoms with van der Waals surface area (Å²) in [6.07, 6.45) is -3.43. The highest BCUT2D eigenvalue weighted by Gasteiger charge is 2.23. The Hall–Kier alpha value is -1.30. The average Bonchev–Trinajstić information content (AvgIpc) is 2.15. The van der Waals surface area contributed by atoms with Crippen molar-refractivity contribution < 1.29 is 25.2 Å². The first-order valence-corrected chi connectivity index (χ1v) is 4.86. The smallest absolute Gasteiger partial charge is 0.306 e. The molecule has 88 valence electrons. The number of aliphatic hydroxyl groups is 2. The molecule has 0 aliphatic carbocycles. The topological polar surface area (TPSA) is 98.0 Å². The molecule has 0 aliphatic rings. The highest BCUT2D eigenvalue weighted by molar-refractivity contribution is 6.31. The van der Waals surface area contributed by atoms with E-state index in [1.54, 1.807) is 0 Å². The fourth-order valence-corrected chi connectivity index (χ4v) is 1.54. The molecule has 0 aliphatic heterocycles. The lowest BCUT2D eigenvalue weighted by molar-refractivity contribution is -0.141. The molecule has 2 unspecified atom stereocenters. The molecule has 6 heteroatoms. The summed E-state index contributed by atoms with van der Waals surface area (Å²) in [6, 6.07) is 3.82. The van der Waals surface area contributed by atoms with Crippen LogP contribution in [-0.2, 0) is 4.79 Å². The molecule has 4 N–H and O–H groups in total. The van der Waals surface area contributed by atoms with Crippen molar-refractivity contribution in [3.8, 4) is 5.75 Å². The number of rotatable bonds is 4. The van der Waals surface area contributed by atoms with E-state index in [0.29, 0.717) is 0 Å². The third kappa shape index (κ3) is 3.10. The lowest BCUT2D eigenvalue weighted by Crippen LogP contribution is -2.21. The monoisotopic (exact) mass is 246 g/mol. The first kappa shape index (κ1) is 12.8. The Kier molecular flexibility index (Phi) is 4.12. The van der Waals surface area contributed by atoms with Gasteiger partial charge in [0.25, 0.3) is 0 Å². The van der Waals surface area contributed by atoms with Gasteiger partial charge in [0.2, 0.25) is 0 Å². The van der Waals surface area contributed by atoms with Gasteiger partial charge in [0, 0.05) is 5.56 Å². The van der Waals surface area contributed by atoms with E-state index in [0.717, 1.165) is 0 Å². The van der Waals surface area contributed by atoms with Gasteiger partial charge < -0.3 is 20.4 Å². The molecular weight excluding hydrogens is 236 g/mol. The Balaban J connectivity index is 2.87. The van der Waals surface area contributed by atoms with E-state index < -0.39 is 24.6 Å². The summed E-state index contributed by atoms with van der Waals surface area (Å²) in [6.45, 7) is 0. The minimum Gasteiger partial charge on any atom is -0.508 e. The van der Waals surface area contributed by atoms with Crippen molar-refractivity contribution in [3.63, 3.8) is 0 Å². The molecule has 0 heterocycles. The standard InChI is InChI=1S/C10H11ClO5/c11-7-3-5(12)1-2-6(7)10(16)8(13)4-9(14)15/h1-3,8,10,12-13,16H,4H2,(H,14,15). The number of phenolic OH excluding ortho intramolecular Hbond substituents is 1. The fraction of sp³-hybridized carbons (Fsp3) is 0.300. The van der Waals surface area contributed by atoms with E-state index in [9.17, 15) is 15.0 Å². The number of carboxylic acid groups (broad SMARTS) is 1. The fourth-order valence-electron chi connectivity index (χ4n) is 1.25. The summed E-state index contributed by atoms with van der Waals surface area (Å²) in [5.74, 6) is -1.30. The van der Waals surface area contributed by atoms with Gasteiger partial charge in [-0.2, -0.15) is 0 Å². The molecule has 0 bridgehead atoms. The molecule has 0 aromatic heterocycles. The second-order valence-electron chi connectivity index (χ2n) is 3.32. The minimum absolute atomic E-state index is 0.0666. The van der Waals surface area contributed by atoms with Gasteiger partial charge in [0.15, 0.2) is 0 Å². The lowest BCUT2D eigenvalue weighted by Gasteiger charge is -2.17. The second-order valence-corrected chi connectivity index (χ2v) is 3.72. The molecule has 0 saturated carbocycles. The number of hydrogen-bond acceptors (Lipinski definition) is 4. The van der Waals surface area contributed by atoms with Crippen molar-refractivity contribution in [3.05, 3.63) is 28.8 Å². The zero-order valence-corrected chi connectivity index (χ0v) is 8.92. The number of aliphatic carboxylic acids is 1. The summed E-state index contributed by atoms with van der Waals surface area (Å²) in [7, 11) is 0. The molecule has 1 aromatic rings. The summed E-state index contributed by atoms with van der Waals surface area (Å²) in [5.41, 5.74) is 0.174. The van der Waals surface area contributed by atoms with E-state index in [1.807, 2.05) is 0 Å². The zero-order chi connectivity index (χ0) is 12.3. The molecule has 1 rings (SSSR count). The minimum atomic E-state index is -1.44. The Morgan fingerprint density at radius 3 is 2.50 bits per heavy atom. The Morgan fingerprint density at radius 2 is 2.00 bits per heavy atom. The Bertz CT molecular complexity index is 393. The Labute approximate surface area is 96.5 Å². The maximum Gasteiger partial charge on any atom is 0.306 e. The van der Waals surface area contributed by atoms with E-state index in [1.165, 1.54) is 18.2 Å². The summed E-state index contributed by atoms with van der Waals surface area (Å²) in [4.78, 5) is 10.3. The summed E-state index contributed by atoms with van der Waals surface area (Å²) >= 11 is 5.73. The van der Waals surface area contributed by atoms with Gasteiger partial charge >= 0.3 is 5.97 Å². The summed E-state index contributed by atoms with van der Waals surface area (Å²) < 4.78 is 0. The van der Waals surface area contributed by atoms with E-state index in [-0.39, 0.29) is 16.3 Å². The van der Waals surface area contributed by atoms with Crippen molar-refractivity contribution >= 4 is 17.6 Å². The molecule has 0 fully saturated rings. The largest absolute Gasteiger partial charge is 0.508 e. The van der Waals surface area contributed by atoms with Gasteiger partial charge in [-0.1, -0.05) is 17.7 Å². The molecular formula is C10H11ClO5. The van der Waals surface area contributed by atoms with Crippen LogP contribution in [-0.4, -0.2) is 32.5 Å². The number of carboxylic acids is 1. The molecule has 5 nitrogen and oxygen atoms in total. The molecule has 1 aromatic carbocycles. The van der Waals surface area contributed by atoms with Crippen LogP contribution in [0.2, 0.25) is 5.02 Å². The first-order chi connectivity index (χ1) is 7.41. The van der Waals surface area contributed by atoms with Gasteiger partial charge in [0.1, 0.15) is 11.9 Å². The van der Waals surface area contributed by atoms with Crippen LogP contribution in [0.3, 0.4) is 0 Å². The van der Waals surface area contributed by atoms with Gasteiger partial charge in [-0.3, -0.25) is 4.79 Å². The highest BCUT2D eigenvalue weighted by atomic mass is 35.5. The van der Waals surface area contributed by atoms with Crippen LogP contribution in [0.15, 0.2) is 18.2 Å². The van der Waals surface area contributed by atoms with E-state index in [2.05, 4.69) is 0 Å². The SMILES string of the molecule is O=C(O)CC(O)C(O)c1ccc(O)cc1Cl. The van der Waals surface area contributed by atoms with Crippen LogP contribution in [0, 0.1) is 0 Å². The van der Waals surface area contributed by atoms with Gasteiger partial charge in [-0.15, -0.1) is 0 Å². The number of phenols is 1. The molecule has 0 saturated heterocycles. The number of hydrogen-bond donors (Lipinski definition) is 4. The Morgan fingerprint density at radius 1 is 1.38 bits per heavy atom. The number of halogens is 1. The normalized spacial score (nSPS) is 14.4. The van der Waals surface area contributed by atoms with Gasteiger partial charge in [0.05, 0.1) is 17.5 Å². The highest BCUT2D eigenvalue weighted by Crippen LogP contribution is 2.29.